The second kappa shape index (κ2) is 8.74. The number of nitrogens with zero attached hydrogens (tertiary/aromatic N) is 2. The number of carbonyl (C=O) groups is 1. The third kappa shape index (κ3) is 5.81. The molecular formula is C16H27N3O2. The molecule has 5 nitrogen and oxygen atoms in total. The minimum absolute atomic E-state index is 0.222. The highest BCUT2D eigenvalue weighted by Gasteiger charge is 2.34. The lowest BCUT2D eigenvalue weighted by molar-refractivity contribution is -0.148. The van der Waals surface area contributed by atoms with E-state index in [9.17, 15) is 4.79 Å². The highest BCUT2D eigenvalue weighted by molar-refractivity contribution is 5.80. The van der Waals surface area contributed by atoms with Crippen LogP contribution in [0.1, 0.15) is 26.0 Å². The van der Waals surface area contributed by atoms with Crippen molar-refractivity contribution in [2.24, 2.45) is 0 Å². The fraction of sp³-hybridized carbons (Fsp3) is 0.625. The molecule has 0 bridgehead atoms. The van der Waals surface area contributed by atoms with E-state index in [0.717, 1.165) is 31.6 Å². The third-order valence-corrected chi connectivity index (χ3v) is 3.46. The molecule has 0 spiro atoms. The normalized spacial score (nSPS) is 14.0. The Morgan fingerprint density at radius 2 is 2.24 bits per heavy atom. The summed E-state index contributed by atoms with van der Waals surface area (Å²) < 4.78 is 4.94. The van der Waals surface area contributed by atoms with Crippen LogP contribution in [-0.4, -0.2) is 55.2 Å². The Morgan fingerprint density at radius 1 is 1.48 bits per heavy atom. The number of hydrogen-bond acceptors (Lipinski definition) is 5. The summed E-state index contributed by atoms with van der Waals surface area (Å²) in [5, 5.41) is 3.29. The molecule has 1 heterocycles. The van der Waals surface area contributed by atoms with Gasteiger partial charge in [-0.25, -0.2) is 0 Å². The lowest BCUT2D eigenvalue weighted by Gasteiger charge is -2.32. The number of pyridine rings is 1. The summed E-state index contributed by atoms with van der Waals surface area (Å²) in [5.41, 5.74) is 0.384. The monoisotopic (exact) mass is 293 g/mol. The molecule has 0 aromatic carbocycles. The fourth-order valence-corrected chi connectivity index (χ4v) is 2.29. The molecule has 0 aliphatic heterocycles. The first-order chi connectivity index (χ1) is 10.0. The lowest BCUT2D eigenvalue weighted by atomic mass is 10.0. The minimum Gasteiger partial charge on any atom is -0.468 e. The minimum atomic E-state index is -0.677. The fourth-order valence-electron chi connectivity index (χ4n) is 2.29. The molecule has 1 aromatic rings. The molecule has 0 aliphatic carbocycles. The average molecular weight is 293 g/mol. The van der Waals surface area contributed by atoms with Crippen LogP contribution in [0.25, 0.3) is 0 Å². The van der Waals surface area contributed by atoms with Gasteiger partial charge < -0.3 is 15.0 Å². The van der Waals surface area contributed by atoms with Crippen LogP contribution in [-0.2, 0) is 16.0 Å². The SMILES string of the molecule is CCCNC(C)(CN(C)CCc1ccccn1)C(=O)OC. The number of rotatable bonds is 9. The molecule has 0 fully saturated rings. The Kier molecular flexibility index (Phi) is 7.32. The average Bonchev–Trinajstić information content (AvgIpc) is 2.51. The van der Waals surface area contributed by atoms with Crippen LogP contribution in [0.3, 0.4) is 0 Å². The van der Waals surface area contributed by atoms with Crippen LogP contribution in [0.2, 0.25) is 0 Å². The number of nitrogens with one attached hydrogen (secondary N) is 1. The Balaban J connectivity index is 2.55. The van der Waals surface area contributed by atoms with Crippen molar-refractivity contribution in [3.05, 3.63) is 30.1 Å². The van der Waals surface area contributed by atoms with Gasteiger partial charge in [0.05, 0.1) is 7.11 Å². The molecule has 0 saturated carbocycles. The Hall–Kier alpha value is -1.46. The second-order valence-corrected chi connectivity index (χ2v) is 5.56. The molecule has 118 valence electrons. The van der Waals surface area contributed by atoms with E-state index in [1.807, 2.05) is 32.2 Å². The maximum absolute atomic E-state index is 12.0. The van der Waals surface area contributed by atoms with Gasteiger partial charge in [-0.15, -0.1) is 0 Å². The predicted octanol–water partition coefficient (Wildman–Crippen LogP) is 1.49. The largest absolute Gasteiger partial charge is 0.468 e. The highest BCUT2D eigenvalue weighted by Crippen LogP contribution is 2.09. The third-order valence-electron chi connectivity index (χ3n) is 3.46. The van der Waals surface area contributed by atoms with Crippen molar-refractivity contribution < 1.29 is 9.53 Å². The maximum Gasteiger partial charge on any atom is 0.327 e. The van der Waals surface area contributed by atoms with Crippen molar-refractivity contribution in [2.45, 2.75) is 32.2 Å². The van der Waals surface area contributed by atoms with E-state index in [4.69, 9.17) is 4.74 Å². The van der Waals surface area contributed by atoms with Crippen molar-refractivity contribution in [1.82, 2.24) is 15.2 Å². The molecule has 0 saturated heterocycles. The van der Waals surface area contributed by atoms with Gasteiger partial charge in [0.1, 0.15) is 5.54 Å². The summed E-state index contributed by atoms with van der Waals surface area (Å²) in [6.45, 7) is 6.21. The van der Waals surface area contributed by atoms with E-state index in [1.165, 1.54) is 7.11 Å². The zero-order valence-electron chi connectivity index (χ0n) is 13.6. The van der Waals surface area contributed by atoms with Gasteiger partial charge in [-0.2, -0.15) is 0 Å². The van der Waals surface area contributed by atoms with E-state index in [2.05, 4.69) is 22.1 Å². The molecule has 5 heteroatoms. The van der Waals surface area contributed by atoms with Crippen molar-refractivity contribution in [1.29, 1.82) is 0 Å². The predicted molar refractivity (Wildman–Crippen MR) is 84.2 cm³/mol. The molecule has 21 heavy (non-hydrogen) atoms. The van der Waals surface area contributed by atoms with E-state index in [1.54, 1.807) is 6.20 Å². The molecule has 1 unspecified atom stereocenters. The first-order valence-corrected chi connectivity index (χ1v) is 7.43. The summed E-state index contributed by atoms with van der Waals surface area (Å²) in [4.78, 5) is 18.5. The summed E-state index contributed by atoms with van der Waals surface area (Å²) >= 11 is 0. The first kappa shape index (κ1) is 17.6. The Bertz CT molecular complexity index is 425. The van der Waals surface area contributed by atoms with Crippen LogP contribution in [0.5, 0.6) is 0 Å². The quantitative estimate of drug-likeness (QED) is 0.699. The topological polar surface area (TPSA) is 54.5 Å². The second-order valence-electron chi connectivity index (χ2n) is 5.56. The summed E-state index contributed by atoms with van der Waals surface area (Å²) in [7, 11) is 3.44. The van der Waals surface area contributed by atoms with Crippen molar-refractivity contribution in [3.63, 3.8) is 0 Å². The first-order valence-electron chi connectivity index (χ1n) is 7.43. The molecule has 1 aromatic heterocycles. The number of esters is 1. The molecule has 0 aliphatic rings. The number of aromatic nitrogens is 1. The van der Waals surface area contributed by atoms with Crippen LogP contribution in [0.15, 0.2) is 24.4 Å². The van der Waals surface area contributed by atoms with Gasteiger partial charge in [0, 0.05) is 31.4 Å². The Labute approximate surface area is 127 Å². The van der Waals surface area contributed by atoms with E-state index in [-0.39, 0.29) is 5.97 Å². The molecular weight excluding hydrogens is 266 g/mol. The number of methoxy groups -OCH3 is 1. The molecule has 0 amide bonds. The summed E-state index contributed by atoms with van der Waals surface area (Å²) in [5.74, 6) is -0.222. The van der Waals surface area contributed by atoms with Crippen molar-refractivity contribution in [3.8, 4) is 0 Å². The van der Waals surface area contributed by atoms with Gasteiger partial charge >= 0.3 is 5.97 Å². The van der Waals surface area contributed by atoms with Gasteiger partial charge in [0.25, 0.3) is 0 Å². The van der Waals surface area contributed by atoms with Gasteiger partial charge in [0.15, 0.2) is 0 Å². The van der Waals surface area contributed by atoms with Gasteiger partial charge in [0.2, 0.25) is 0 Å². The van der Waals surface area contributed by atoms with Crippen molar-refractivity contribution >= 4 is 5.97 Å². The number of carbonyl (C=O) groups excluding carboxylic acids is 1. The molecule has 0 radical (unpaired) electrons. The van der Waals surface area contributed by atoms with Gasteiger partial charge in [-0.1, -0.05) is 13.0 Å². The zero-order chi connectivity index (χ0) is 15.7. The van der Waals surface area contributed by atoms with E-state index < -0.39 is 5.54 Å². The van der Waals surface area contributed by atoms with E-state index >= 15 is 0 Å². The van der Waals surface area contributed by atoms with Crippen LogP contribution >= 0.6 is 0 Å². The number of ether oxygens (including phenoxy) is 1. The summed E-state index contributed by atoms with van der Waals surface area (Å²) in [6.07, 6.45) is 3.64. The molecule has 1 rings (SSSR count). The van der Waals surface area contributed by atoms with E-state index in [0.29, 0.717) is 6.54 Å². The van der Waals surface area contributed by atoms with Crippen LogP contribution in [0, 0.1) is 0 Å². The number of likely N-dealkylation sites (N-methyl/N-ethyl adjacent to an activating group) is 1. The van der Waals surface area contributed by atoms with Crippen molar-refractivity contribution in [2.75, 3.05) is 33.8 Å². The molecule has 1 N–H and O–H groups in total. The smallest absolute Gasteiger partial charge is 0.327 e. The summed E-state index contributed by atoms with van der Waals surface area (Å²) in [6, 6.07) is 5.92. The molecule has 1 atom stereocenters. The van der Waals surface area contributed by atoms with Gasteiger partial charge in [-0.3, -0.25) is 9.78 Å². The highest BCUT2D eigenvalue weighted by atomic mass is 16.5. The van der Waals surface area contributed by atoms with Crippen LogP contribution < -0.4 is 5.32 Å². The Morgan fingerprint density at radius 3 is 2.81 bits per heavy atom. The van der Waals surface area contributed by atoms with Gasteiger partial charge in [-0.05, 0) is 39.1 Å². The lowest BCUT2D eigenvalue weighted by Crippen LogP contribution is -2.57. The maximum atomic E-state index is 12.0. The standard InChI is InChI=1S/C16H27N3O2/c1-5-10-18-16(2,15(20)21-4)13-19(3)12-9-14-8-6-7-11-17-14/h6-8,11,18H,5,9-10,12-13H2,1-4H3. The zero-order valence-corrected chi connectivity index (χ0v) is 13.6. The van der Waals surface area contributed by atoms with Crippen LogP contribution in [0.4, 0.5) is 0 Å². The number of hydrogen-bond donors (Lipinski definition) is 1.